The lowest BCUT2D eigenvalue weighted by Gasteiger charge is -2.25. The second-order valence-corrected chi connectivity index (χ2v) is 10.0. The Balaban J connectivity index is 2.05. The largest absolute Gasteiger partial charge is 0.508 e. The van der Waals surface area contributed by atoms with Gasteiger partial charge in [0.2, 0.25) is 17.7 Å². The molecular weight excluding hydrogens is 524 g/mol. The van der Waals surface area contributed by atoms with Crippen molar-refractivity contribution in [1.82, 2.24) is 16.0 Å². The molecule has 0 spiro atoms. The number of thiol groups is 1. The summed E-state index contributed by atoms with van der Waals surface area (Å²) < 4.78 is 0. The zero-order chi connectivity index (χ0) is 29.1. The third kappa shape index (κ3) is 10.5. The first kappa shape index (κ1) is 31.4. The number of carbonyl (C=O) groups is 4. The molecule has 0 aliphatic carbocycles. The molecule has 0 radical (unpaired) electrons. The Morgan fingerprint density at radius 3 is 1.64 bits per heavy atom. The fraction of sp³-hybridized carbons (Fsp3) is 0.407. The van der Waals surface area contributed by atoms with E-state index in [4.69, 9.17) is 5.73 Å². The highest BCUT2D eigenvalue weighted by molar-refractivity contribution is 7.80. The molecule has 4 atom stereocenters. The van der Waals surface area contributed by atoms with Crippen LogP contribution in [0.3, 0.4) is 0 Å². The fourth-order valence-electron chi connectivity index (χ4n) is 3.77. The molecule has 0 fully saturated rings. The highest BCUT2D eigenvalue weighted by atomic mass is 32.1. The Labute approximate surface area is 232 Å². The fourth-order valence-corrected chi connectivity index (χ4v) is 4.02. The van der Waals surface area contributed by atoms with Crippen LogP contribution in [0.25, 0.3) is 0 Å². The monoisotopic (exact) mass is 560 g/mol. The lowest BCUT2D eigenvalue weighted by atomic mass is 10.0. The first-order valence-corrected chi connectivity index (χ1v) is 13.1. The number of hydrogen-bond donors (Lipinski definition) is 8. The topological polar surface area (TPSA) is 191 Å². The van der Waals surface area contributed by atoms with Gasteiger partial charge in [0, 0.05) is 12.2 Å². The smallest absolute Gasteiger partial charge is 0.326 e. The molecule has 8 N–H and O–H groups in total. The van der Waals surface area contributed by atoms with Gasteiger partial charge >= 0.3 is 5.97 Å². The average Bonchev–Trinajstić information content (AvgIpc) is 2.88. The molecular formula is C27H36N4O7S. The number of phenolic OH excluding ortho intramolecular Hbond substituents is 2. The van der Waals surface area contributed by atoms with Crippen LogP contribution >= 0.6 is 12.6 Å². The minimum Gasteiger partial charge on any atom is -0.508 e. The van der Waals surface area contributed by atoms with Gasteiger partial charge in [-0.1, -0.05) is 38.1 Å². The van der Waals surface area contributed by atoms with Crippen molar-refractivity contribution in [1.29, 1.82) is 0 Å². The molecule has 39 heavy (non-hydrogen) atoms. The number of phenols is 2. The van der Waals surface area contributed by atoms with Crippen LogP contribution in [0.5, 0.6) is 11.5 Å². The van der Waals surface area contributed by atoms with Crippen molar-refractivity contribution in [2.45, 2.75) is 57.3 Å². The third-order valence-electron chi connectivity index (χ3n) is 5.88. The van der Waals surface area contributed by atoms with Gasteiger partial charge in [0.05, 0.1) is 6.04 Å². The van der Waals surface area contributed by atoms with E-state index in [9.17, 15) is 34.5 Å². The van der Waals surface area contributed by atoms with Crippen LogP contribution in [0.15, 0.2) is 48.5 Å². The van der Waals surface area contributed by atoms with E-state index in [0.29, 0.717) is 5.56 Å². The van der Waals surface area contributed by atoms with Crippen LogP contribution in [0.1, 0.15) is 31.4 Å². The average molecular weight is 561 g/mol. The number of carboxylic acid groups (broad SMARTS) is 1. The molecule has 0 saturated carbocycles. The van der Waals surface area contributed by atoms with Crippen molar-refractivity contribution in [2.24, 2.45) is 11.7 Å². The van der Waals surface area contributed by atoms with Gasteiger partial charge in [-0.2, -0.15) is 12.6 Å². The van der Waals surface area contributed by atoms with Gasteiger partial charge in [0.25, 0.3) is 0 Å². The highest BCUT2D eigenvalue weighted by Gasteiger charge is 2.30. The Morgan fingerprint density at radius 1 is 0.744 bits per heavy atom. The van der Waals surface area contributed by atoms with E-state index in [2.05, 4.69) is 28.6 Å². The summed E-state index contributed by atoms with van der Waals surface area (Å²) in [7, 11) is 0. The lowest BCUT2D eigenvalue weighted by molar-refractivity contribution is -0.142. The van der Waals surface area contributed by atoms with Crippen LogP contribution < -0.4 is 21.7 Å². The number of nitrogens with one attached hydrogen (secondary N) is 3. The molecule has 12 heteroatoms. The van der Waals surface area contributed by atoms with Crippen LogP contribution in [0, 0.1) is 5.92 Å². The van der Waals surface area contributed by atoms with Crippen LogP contribution in [-0.2, 0) is 32.0 Å². The molecule has 3 amide bonds. The van der Waals surface area contributed by atoms with E-state index >= 15 is 0 Å². The van der Waals surface area contributed by atoms with Crippen LogP contribution in [-0.4, -0.2) is 68.9 Å². The predicted octanol–water partition coefficient (Wildman–Crippen LogP) is 0.725. The maximum absolute atomic E-state index is 13.1. The van der Waals surface area contributed by atoms with Gasteiger partial charge in [-0.3, -0.25) is 14.4 Å². The number of carbonyl (C=O) groups excluding carboxylic acids is 3. The van der Waals surface area contributed by atoms with Crippen LogP contribution in [0.4, 0.5) is 0 Å². The summed E-state index contributed by atoms with van der Waals surface area (Å²) in [5, 5.41) is 36.1. The van der Waals surface area contributed by atoms with Crippen molar-refractivity contribution in [3.8, 4) is 11.5 Å². The number of benzene rings is 2. The van der Waals surface area contributed by atoms with Crippen molar-refractivity contribution in [3.05, 3.63) is 59.7 Å². The number of nitrogens with two attached hydrogens (primary N) is 1. The van der Waals surface area contributed by atoms with Gasteiger partial charge in [0.1, 0.15) is 29.6 Å². The molecule has 0 aromatic heterocycles. The summed E-state index contributed by atoms with van der Waals surface area (Å²) in [6.45, 7) is 3.69. The highest BCUT2D eigenvalue weighted by Crippen LogP contribution is 2.13. The van der Waals surface area contributed by atoms with E-state index in [-0.39, 0.29) is 42.4 Å². The number of aliphatic carboxylic acids is 1. The summed E-state index contributed by atoms with van der Waals surface area (Å²) in [6, 6.07) is 7.74. The normalized spacial score (nSPS) is 14.1. The van der Waals surface area contributed by atoms with E-state index in [0.717, 1.165) is 5.56 Å². The predicted molar refractivity (Wildman–Crippen MR) is 148 cm³/mol. The van der Waals surface area contributed by atoms with Crippen molar-refractivity contribution in [3.63, 3.8) is 0 Å². The summed E-state index contributed by atoms with van der Waals surface area (Å²) in [5.41, 5.74) is 7.30. The van der Waals surface area contributed by atoms with E-state index in [1.807, 2.05) is 13.8 Å². The van der Waals surface area contributed by atoms with Gasteiger partial charge in [-0.05, 0) is 54.2 Å². The quantitative estimate of drug-likeness (QED) is 0.155. The SMILES string of the molecule is CC(C)CC(NC(=O)C(CS)NC(=O)C(N)Cc1ccc(O)cc1)C(=O)NC(Cc1ccc(O)cc1)C(=O)O. The molecule has 2 aromatic rings. The van der Waals surface area contributed by atoms with Gasteiger partial charge in [0.15, 0.2) is 0 Å². The minimum atomic E-state index is -1.27. The summed E-state index contributed by atoms with van der Waals surface area (Å²) in [5.74, 6) is -3.18. The number of amides is 3. The Kier molecular flexibility index (Phi) is 12.1. The second-order valence-electron chi connectivity index (χ2n) is 9.68. The molecule has 0 saturated heterocycles. The van der Waals surface area contributed by atoms with Gasteiger partial charge in [-0.15, -0.1) is 0 Å². The molecule has 11 nitrogen and oxygen atoms in total. The molecule has 0 aliphatic heterocycles. The van der Waals surface area contributed by atoms with E-state index in [1.165, 1.54) is 24.3 Å². The zero-order valence-corrected chi connectivity index (χ0v) is 22.7. The van der Waals surface area contributed by atoms with E-state index in [1.54, 1.807) is 24.3 Å². The first-order chi connectivity index (χ1) is 18.4. The van der Waals surface area contributed by atoms with Gasteiger partial charge in [-0.25, -0.2) is 4.79 Å². The van der Waals surface area contributed by atoms with Crippen LogP contribution in [0.2, 0.25) is 0 Å². The number of aromatic hydroxyl groups is 2. The number of hydrogen-bond acceptors (Lipinski definition) is 8. The standard InChI is InChI=1S/C27H36N4O7S/c1-15(2)11-21(25(35)30-22(27(37)38)13-17-5-9-19(33)10-6-17)29-26(36)23(14-39)31-24(34)20(28)12-16-3-7-18(32)8-4-16/h3-10,15,20-23,32-33,39H,11-14,28H2,1-2H3,(H,29,36)(H,30,35)(H,31,34)(H,37,38). The molecule has 2 aromatic carbocycles. The molecule has 0 aliphatic rings. The van der Waals surface area contributed by atoms with E-state index < -0.39 is 47.9 Å². The maximum atomic E-state index is 13.1. The van der Waals surface area contributed by atoms with Gasteiger partial charge < -0.3 is 37.0 Å². The summed E-state index contributed by atoms with van der Waals surface area (Å²) in [6.07, 6.45) is 0.359. The summed E-state index contributed by atoms with van der Waals surface area (Å²) in [4.78, 5) is 50.5. The molecule has 2 rings (SSSR count). The molecule has 0 bridgehead atoms. The van der Waals surface area contributed by atoms with Crippen molar-refractivity contribution in [2.75, 3.05) is 5.75 Å². The lowest BCUT2D eigenvalue weighted by Crippen LogP contribution is -2.58. The third-order valence-corrected chi connectivity index (χ3v) is 6.24. The Hall–Kier alpha value is -3.77. The second kappa shape index (κ2) is 15.0. The first-order valence-electron chi connectivity index (χ1n) is 12.5. The maximum Gasteiger partial charge on any atom is 0.326 e. The zero-order valence-electron chi connectivity index (χ0n) is 21.8. The van der Waals surface area contributed by atoms with Crippen molar-refractivity contribution >= 4 is 36.3 Å². The Morgan fingerprint density at radius 2 is 1.18 bits per heavy atom. The Bertz CT molecular complexity index is 1130. The summed E-state index contributed by atoms with van der Waals surface area (Å²) >= 11 is 4.16. The number of carboxylic acids is 1. The molecule has 0 heterocycles. The molecule has 4 unspecified atom stereocenters. The minimum absolute atomic E-state index is 0.0239. The number of rotatable bonds is 14. The van der Waals surface area contributed by atoms with Crippen molar-refractivity contribution < 1.29 is 34.5 Å². The molecule has 212 valence electrons.